The zero-order chi connectivity index (χ0) is 23.0. The molecule has 0 fully saturated rings. The Bertz CT molecular complexity index is 1440. The van der Waals surface area contributed by atoms with Crippen molar-refractivity contribution in [2.45, 2.75) is 34.2 Å². The van der Waals surface area contributed by atoms with Crippen molar-refractivity contribution in [1.82, 2.24) is 9.13 Å². The summed E-state index contributed by atoms with van der Waals surface area (Å²) >= 11 is 1.21. The summed E-state index contributed by atoms with van der Waals surface area (Å²) in [6.45, 7) is 7.95. The molecule has 0 unspecified atom stereocenters. The molecule has 7 heteroatoms. The molecule has 0 aliphatic carbocycles. The zero-order valence-electron chi connectivity index (χ0n) is 18.5. The minimum atomic E-state index is -0.439. The molecule has 2 aromatic carbocycles. The van der Waals surface area contributed by atoms with Crippen LogP contribution in [0.3, 0.4) is 0 Å². The van der Waals surface area contributed by atoms with E-state index in [1.165, 1.54) is 22.8 Å². The van der Waals surface area contributed by atoms with Gasteiger partial charge in [0.25, 0.3) is 5.56 Å². The molecule has 32 heavy (non-hydrogen) atoms. The molecule has 164 valence electrons. The summed E-state index contributed by atoms with van der Waals surface area (Å²) in [6.07, 6.45) is 0. The summed E-state index contributed by atoms with van der Waals surface area (Å²) in [5.74, 6) is 0.543. The van der Waals surface area contributed by atoms with E-state index in [2.05, 4.69) is 0 Å². The predicted octanol–water partition coefficient (Wildman–Crippen LogP) is 4.48. The molecule has 0 aliphatic heterocycles. The van der Waals surface area contributed by atoms with E-state index >= 15 is 0 Å². The van der Waals surface area contributed by atoms with Gasteiger partial charge in [-0.3, -0.25) is 14.2 Å². The minimum Gasteiger partial charge on any atom is -0.494 e. The van der Waals surface area contributed by atoms with Gasteiger partial charge in [-0.1, -0.05) is 24.3 Å². The molecule has 0 N–H and O–H groups in total. The summed E-state index contributed by atoms with van der Waals surface area (Å²) < 4.78 is 8.26. The molecule has 4 rings (SSSR count). The fourth-order valence-corrected chi connectivity index (χ4v) is 5.05. The maximum Gasteiger partial charge on any atom is 0.337 e. The van der Waals surface area contributed by atoms with E-state index < -0.39 is 11.2 Å². The lowest BCUT2D eigenvalue weighted by molar-refractivity contribution is 0.102. The number of ether oxygens (including phenoxy) is 1. The molecule has 0 aliphatic rings. The van der Waals surface area contributed by atoms with E-state index in [0.717, 1.165) is 11.1 Å². The maximum absolute atomic E-state index is 13.6. The summed E-state index contributed by atoms with van der Waals surface area (Å²) in [5, 5.41) is 0.405. The molecule has 2 heterocycles. The van der Waals surface area contributed by atoms with E-state index in [-0.39, 0.29) is 5.78 Å². The number of rotatable bonds is 6. The molecule has 0 amide bonds. The van der Waals surface area contributed by atoms with Gasteiger partial charge in [0, 0.05) is 0 Å². The molecular weight excluding hydrogens is 424 g/mol. The van der Waals surface area contributed by atoms with Crippen LogP contribution < -0.4 is 16.0 Å². The van der Waals surface area contributed by atoms with Gasteiger partial charge in [0.1, 0.15) is 10.6 Å². The molecule has 0 radical (unpaired) electrons. The largest absolute Gasteiger partial charge is 0.494 e. The normalized spacial score (nSPS) is 11.1. The minimum absolute atomic E-state index is 0.120. The summed E-state index contributed by atoms with van der Waals surface area (Å²) in [6, 6.07) is 14.7. The number of benzene rings is 2. The highest BCUT2D eigenvalue weighted by molar-refractivity contribution is 7.20. The fraction of sp³-hybridized carbons (Fsp3) is 0.240. The maximum atomic E-state index is 13.6. The van der Waals surface area contributed by atoms with Gasteiger partial charge < -0.3 is 4.74 Å². The van der Waals surface area contributed by atoms with Gasteiger partial charge in [-0.25, -0.2) is 9.36 Å². The van der Waals surface area contributed by atoms with Crippen LogP contribution in [0, 0.1) is 13.8 Å². The van der Waals surface area contributed by atoms with Crippen LogP contribution in [0.15, 0.2) is 58.1 Å². The first-order chi connectivity index (χ1) is 15.3. The van der Waals surface area contributed by atoms with Crippen molar-refractivity contribution in [2.24, 2.45) is 0 Å². The molecule has 6 nitrogen and oxygen atoms in total. The van der Waals surface area contributed by atoms with Gasteiger partial charge in [0.05, 0.1) is 29.1 Å². The second kappa shape index (κ2) is 8.59. The van der Waals surface area contributed by atoms with Crippen LogP contribution in [0.1, 0.15) is 40.2 Å². The van der Waals surface area contributed by atoms with Gasteiger partial charge in [-0.2, -0.15) is 0 Å². The highest BCUT2D eigenvalue weighted by atomic mass is 32.1. The SMILES string of the molecule is CCOc1ccc(-n2c(=O)c3c(C)c(C(C)=O)sc3n(Cc3ccccc3C)c2=O)cc1. The van der Waals surface area contributed by atoms with Gasteiger partial charge in [0.2, 0.25) is 0 Å². The highest BCUT2D eigenvalue weighted by Gasteiger charge is 2.22. The smallest absolute Gasteiger partial charge is 0.337 e. The average molecular weight is 449 g/mol. The third-order valence-electron chi connectivity index (χ3n) is 5.53. The molecule has 4 aromatic rings. The summed E-state index contributed by atoms with van der Waals surface area (Å²) in [5.41, 5.74) is 2.23. The van der Waals surface area contributed by atoms with Crippen LogP contribution in [-0.4, -0.2) is 21.5 Å². The zero-order valence-corrected chi connectivity index (χ0v) is 19.3. The number of Topliss-reactive ketones (excluding diaryl/α,β-unsaturated/α-hetero) is 1. The van der Waals surface area contributed by atoms with Crippen molar-refractivity contribution in [3.8, 4) is 11.4 Å². The standard InChI is InChI=1S/C25H24N2O4S/c1-5-31-20-12-10-19(11-13-20)27-23(29)21-16(3)22(17(4)28)32-24(21)26(25(27)30)14-18-9-7-6-8-15(18)2/h6-13H,5,14H2,1-4H3. The number of fused-ring (bicyclic) bond motifs is 1. The Kier molecular flexibility index (Phi) is 5.84. The average Bonchev–Trinajstić information content (AvgIpc) is 3.11. The van der Waals surface area contributed by atoms with E-state index in [1.807, 2.05) is 38.1 Å². The predicted molar refractivity (Wildman–Crippen MR) is 128 cm³/mol. The van der Waals surface area contributed by atoms with Gasteiger partial charge in [0.15, 0.2) is 5.78 Å². The van der Waals surface area contributed by atoms with Crippen LogP contribution in [0.2, 0.25) is 0 Å². The van der Waals surface area contributed by atoms with Crippen molar-refractivity contribution in [3.63, 3.8) is 0 Å². The summed E-state index contributed by atoms with van der Waals surface area (Å²) in [7, 11) is 0. The Balaban J connectivity index is 2.03. The third-order valence-corrected chi connectivity index (χ3v) is 6.94. The number of hydrogen-bond acceptors (Lipinski definition) is 5. The Morgan fingerprint density at radius 3 is 2.34 bits per heavy atom. The second-order valence-corrected chi connectivity index (χ2v) is 8.65. The molecule has 0 spiro atoms. The second-order valence-electron chi connectivity index (χ2n) is 7.66. The third kappa shape index (κ3) is 3.69. The molecule has 0 bridgehead atoms. The van der Waals surface area contributed by atoms with E-state index in [4.69, 9.17) is 4.74 Å². The number of ketones is 1. The number of carbonyl (C=O) groups excluding carboxylic acids is 1. The number of thiophene rings is 1. The number of carbonyl (C=O) groups is 1. The Labute approximate surface area is 189 Å². The quantitative estimate of drug-likeness (QED) is 0.408. The van der Waals surface area contributed by atoms with Crippen LogP contribution >= 0.6 is 11.3 Å². The Morgan fingerprint density at radius 1 is 1.03 bits per heavy atom. The molecule has 0 atom stereocenters. The number of nitrogens with zero attached hydrogens (tertiary/aromatic N) is 2. The lowest BCUT2D eigenvalue weighted by atomic mass is 10.1. The van der Waals surface area contributed by atoms with Crippen molar-refractivity contribution < 1.29 is 9.53 Å². The molecular formula is C25H24N2O4S. The Hall–Kier alpha value is -3.45. The van der Waals surface area contributed by atoms with Crippen LogP contribution in [0.4, 0.5) is 0 Å². The fourth-order valence-electron chi connectivity index (χ4n) is 3.87. The number of aromatic nitrogens is 2. The van der Waals surface area contributed by atoms with Crippen LogP contribution in [-0.2, 0) is 6.54 Å². The Morgan fingerprint density at radius 2 is 1.72 bits per heavy atom. The first kappa shape index (κ1) is 21.8. The van der Waals surface area contributed by atoms with Crippen LogP contribution in [0.5, 0.6) is 5.75 Å². The van der Waals surface area contributed by atoms with Gasteiger partial charge in [-0.15, -0.1) is 11.3 Å². The number of hydrogen-bond donors (Lipinski definition) is 0. The number of aryl methyl sites for hydroxylation is 2. The van der Waals surface area contributed by atoms with Gasteiger partial charge in [-0.05, 0) is 68.7 Å². The van der Waals surface area contributed by atoms with Crippen LogP contribution in [0.25, 0.3) is 15.9 Å². The molecule has 0 saturated carbocycles. The monoisotopic (exact) mass is 448 g/mol. The van der Waals surface area contributed by atoms with E-state index in [1.54, 1.807) is 35.8 Å². The van der Waals surface area contributed by atoms with Gasteiger partial charge >= 0.3 is 5.69 Å². The highest BCUT2D eigenvalue weighted by Crippen LogP contribution is 2.29. The van der Waals surface area contributed by atoms with E-state index in [9.17, 15) is 14.4 Å². The topological polar surface area (TPSA) is 70.3 Å². The van der Waals surface area contributed by atoms with Crippen molar-refractivity contribution >= 4 is 27.3 Å². The molecule has 0 saturated heterocycles. The van der Waals surface area contributed by atoms with E-state index in [0.29, 0.717) is 45.2 Å². The molecule has 2 aromatic heterocycles. The first-order valence-corrected chi connectivity index (χ1v) is 11.2. The van der Waals surface area contributed by atoms with Crippen molar-refractivity contribution in [2.75, 3.05) is 6.61 Å². The first-order valence-electron chi connectivity index (χ1n) is 10.4. The lowest BCUT2D eigenvalue weighted by Gasteiger charge is -2.14. The van der Waals surface area contributed by atoms with Crippen molar-refractivity contribution in [1.29, 1.82) is 0 Å². The summed E-state index contributed by atoms with van der Waals surface area (Å²) in [4.78, 5) is 40.4. The lowest BCUT2D eigenvalue weighted by Crippen LogP contribution is -2.39. The van der Waals surface area contributed by atoms with Crippen molar-refractivity contribution in [3.05, 3.63) is 90.9 Å².